The summed E-state index contributed by atoms with van der Waals surface area (Å²) in [6.07, 6.45) is 0.631. The summed E-state index contributed by atoms with van der Waals surface area (Å²) in [5, 5.41) is 0.173. The minimum atomic E-state index is -3.81. The van der Waals surface area contributed by atoms with Gasteiger partial charge in [-0.3, -0.25) is 9.69 Å². The van der Waals surface area contributed by atoms with Crippen LogP contribution in [0.25, 0.3) is 0 Å². The number of sulfonamides is 1. The van der Waals surface area contributed by atoms with E-state index in [0.717, 1.165) is 0 Å². The van der Waals surface area contributed by atoms with E-state index >= 15 is 0 Å². The number of halogens is 3. The number of carbonyl (C=O) groups is 1. The molecule has 1 aromatic rings. The van der Waals surface area contributed by atoms with Crippen molar-refractivity contribution in [1.82, 2.24) is 14.1 Å². The van der Waals surface area contributed by atoms with Crippen LogP contribution in [0, 0.1) is 0 Å². The van der Waals surface area contributed by atoms with Gasteiger partial charge < -0.3 is 4.90 Å². The number of carbonyl (C=O) groups excluding carboxylic acids is 1. The zero-order valence-electron chi connectivity index (χ0n) is 14.0. The number of hydrogen-bond donors (Lipinski definition) is 0. The van der Waals surface area contributed by atoms with Crippen LogP contribution in [0.1, 0.15) is 6.42 Å². The second-order valence-corrected chi connectivity index (χ2v) is 9.63. The summed E-state index contributed by atoms with van der Waals surface area (Å²) in [7, 11) is -0.399. The number of hydrogen-bond acceptors (Lipinski definition) is 4. The number of nitrogens with zero attached hydrogens (tertiary/aromatic N) is 3. The molecule has 140 valence electrons. The number of likely N-dealkylation sites (N-methyl/N-ethyl adjacent to an activating group) is 1. The van der Waals surface area contributed by atoms with Gasteiger partial charge in [-0.2, -0.15) is 4.31 Å². The summed E-state index contributed by atoms with van der Waals surface area (Å²) in [5.74, 6) is -0.00435. The molecule has 1 aliphatic heterocycles. The van der Waals surface area contributed by atoms with Gasteiger partial charge in [-0.05, 0) is 25.1 Å². The van der Waals surface area contributed by atoms with Crippen LogP contribution in [0.3, 0.4) is 0 Å². The minimum Gasteiger partial charge on any atom is -0.348 e. The van der Waals surface area contributed by atoms with Gasteiger partial charge in [0.2, 0.25) is 15.9 Å². The number of amides is 1. The molecule has 0 aromatic heterocycles. The van der Waals surface area contributed by atoms with Crippen molar-refractivity contribution in [3.8, 4) is 0 Å². The standard InChI is InChI=1S/C15H20BrCl2N3O3S/c1-19(2)14(22)10-20-4-3-5-21(7-6-20)25(23,24)15-12(17)8-11(16)9-13(15)18/h8-9H,3-7,10H2,1-2H3. The molecular formula is C15H20BrCl2N3O3S. The fraction of sp³-hybridized carbons (Fsp3) is 0.533. The Bertz CT molecular complexity index is 735. The van der Waals surface area contributed by atoms with Crippen LogP contribution in [0.15, 0.2) is 21.5 Å². The lowest BCUT2D eigenvalue weighted by molar-refractivity contribution is -0.129. The molecule has 0 unspecified atom stereocenters. The van der Waals surface area contributed by atoms with E-state index in [1.807, 2.05) is 4.90 Å². The van der Waals surface area contributed by atoms with Crippen molar-refractivity contribution in [3.63, 3.8) is 0 Å². The molecule has 1 fully saturated rings. The second-order valence-electron chi connectivity index (χ2n) is 6.02. The molecule has 10 heteroatoms. The Balaban J connectivity index is 2.18. The Morgan fingerprint density at radius 2 is 1.76 bits per heavy atom. The molecule has 6 nitrogen and oxygen atoms in total. The van der Waals surface area contributed by atoms with Crippen LogP contribution >= 0.6 is 39.1 Å². The van der Waals surface area contributed by atoms with E-state index in [2.05, 4.69) is 15.9 Å². The lowest BCUT2D eigenvalue weighted by Gasteiger charge is -2.23. The van der Waals surface area contributed by atoms with E-state index in [9.17, 15) is 13.2 Å². The van der Waals surface area contributed by atoms with Gasteiger partial charge in [0.25, 0.3) is 0 Å². The first-order chi connectivity index (χ1) is 11.6. The highest BCUT2D eigenvalue weighted by Gasteiger charge is 2.31. The van der Waals surface area contributed by atoms with Crippen molar-refractivity contribution in [2.75, 3.05) is 46.8 Å². The van der Waals surface area contributed by atoms with E-state index in [0.29, 0.717) is 30.5 Å². The van der Waals surface area contributed by atoms with E-state index in [1.165, 1.54) is 21.3 Å². The smallest absolute Gasteiger partial charge is 0.246 e. The van der Waals surface area contributed by atoms with Gasteiger partial charge in [0.1, 0.15) is 4.90 Å². The monoisotopic (exact) mass is 471 g/mol. The molecule has 1 aliphatic rings. The lowest BCUT2D eigenvalue weighted by Crippen LogP contribution is -2.39. The molecule has 0 atom stereocenters. The fourth-order valence-electron chi connectivity index (χ4n) is 2.58. The SMILES string of the molecule is CN(C)C(=O)CN1CCCN(S(=O)(=O)c2c(Cl)cc(Br)cc2Cl)CC1. The largest absolute Gasteiger partial charge is 0.348 e. The average molecular weight is 473 g/mol. The van der Waals surface area contributed by atoms with Gasteiger partial charge in [-0.25, -0.2) is 8.42 Å². The fourth-order valence-corrected chi connectivity index (χ4v) is 5.94. The third-order valence-electron chi connectivity index (χ3n) is 3.97. The first-order valence-corrected chi connectivity index (χ1v) is 10.7. The molecule has 1 saturated heterocycles. The molecule has 1 amide bonds. The van der Waals surface area contributed by atoms with Gasteiger partial charge >= 0.3 is 0 Å². The van der Waals surface area contributed by atoms with Crippen LogP contribution in [-0.2, 0) is 14.8 Å². The van der Waals surface area contributed by atoms with E-state index in [-0.39, 0.29) is 33.9 Å². The van der Waals surface area contributed by atoms with Gasteiger partial charge in [-0.15, -0.1) is 0 Å². The predicted octanol–water partition coefficient (Wildman–Crippen LogP) is 2.54. The van der Waals surface area contributed by atoms with E-state index < -0.39 is 10.0 Å². The van der Waals surface area contributed by atoms with E-state index in [4.69, 9.17) is 23.2 Å². The molecule has 0 radical (unpaired) electrons. The highest BCUT2D eigenvalue weighted by Crippen LogP contribution is 2.35. The van der Waals surface area contributed by atoms with Gasteiger partial charge in [0.15, 0.2) is 0 Å². The summed E-state index contributed by atoms with van der Waals surface area (Å²) in [5.41, 5.74) is 0. The van der Waals surface area contributed by atoms with E-state index in [1.54, 1.807) is 14.1 Å². The molecule has 1 heterocycles. The van der Waals surface area contributed by atoms with Crippen LogP contribution in [0.4, 0.5) is 0 Å². The van der Waals surface area contributed by atoms with Crippen molar-refractivity contribution >= 4 is 55.1 Å². The van der Waals surface area contributed by atoms with Gasteiger partial charge in [-0.1, -0.05) is 39.1 Å². The Morgan fingerprint density at radius 1 is 1.16 bits per heavy atom. The molecule has 0 saturated carbocycles. The topological polar surface area (TPSA) is 60.9 Å². The van der Waals surface area contributed by atoms with Crippen molar-refractivity contribution in [1.29, 1.82) is 0 Å². The minimum absolute atomic E-state index is 0.00435. The predicted molar refractivity (Wildman–Crippen MR) is 103 cm³/mol. The molecule has 2 rings (SSSR count). The molecule has 0 aliphatic carbocycles. The molecular weight excluding hydrogens is 453 g/mol. The Kier molecular flexibility index (Phi) is 7.15. The molecule has 25 heavy (non-hydrogen) atoms. The van der Waals surface area contributed by atoms with Gasteiger partial charge in [0, 0.05) is 38.2 Å². The normalized spacial score (nSPS) is 17.3. The first kappa shape index (κ1) is 20.9. The van der Waals surface area contributed by atoms with Crippen molar-refractivity contribution < 1.29 is 13.2 Å². The maximum Gasteiger partial charge on any atom is 0.246 e. The number of benzene rings is 1. The molecule has 1 aromatic carbocycles. The quantitative estimate of drug-likeness (QED) is 0.675. The van der Waals surface area contributed by atoms with Crippen molar-refractivity contribution in [2.45, 2.75) is 11.3 Å². The third-order valence-corrected chi connectivity index (χ3v) is 7.24. The average Bonchev–Trinajstić information content (AvgIpc) is 2.71. The maximum atomic E-state index is 13.0. The zero-order chi connectivity index (χ0) is 18.8. The van der Waals surface area contributed by atoms with Crippen LogP contribution < -0.4 is 0 Å². The second kappa shape index (κ2) is 8.54. The summed E-state index contributed by atoms with van der Waals surface area (Å²) < 4.78 is 28.0. The molecule has 0 N–H and O–H groups in total. The Labute approximate surface area is 166 Å². The lowest BCUT2D eigenvalue weighted by atomic mass is 10.4. The maximum absolute atomic E-state index is 13.0. The summed E-state index contributed by atoms with van der Waals surface area (Å²) >= 11 is 15.5. The summed E-state index contributed by atoms with van der Waals surface area (Å²) in [6, 6.07) is 3.03. The summed E-state index contributed by atoms with van der Waals surface area (Å²) in [6.45, 7) is 2.06. The van der Waals surface area contributed by atoms with Crippen molar-refractivity contribution in [3.05, 3.63) is 26.7 Å². The summed E-state index contributed by atoms with van der Waals surface area (Å²) in [4.78, 5) is 15.3. The van der Waals surface area contributed by atoms with Gasteiger partial charge in [0.05, 0.1) is 16.6 Å². The number of rotatable bonds is 4. The third kappa shape index (κ3) is 5.08. The Hall–Kier alpha value is -0.380. The van der Waals surface area contributed by atoms with Crippen LogP contribution in [0.2, 0.25) is 10.0 Å². The molecule has 0 bridgehead atoms. The highest BCUT2D eigenvalue weighted by atomic mass is 79.9. The Morgan fingerprint density at radius 3 is 2.32 bits per heavy atom. The van der Waals surface area contributed by atoms with Crippen molar-refractivity contribution in [2.24, 2.45) is 0 Å². The molecule has 0 spiro atoms. The first-order valence-electron chi connectivity index (χ1n) is 7.70. The highest BCUT2D eigenvalue weighted by molar-refractivity contribution is 9.10. The van der Waals surface area contributed by atoms with Crippen LogP contribution in [0.5, 0.6) is 0 Å². The zero-order valence-corrected chi connectivity index (χ0v) is 17.9. The van der Waals surface area contributed by atoms with Crippen LogP contribution in [-0.4, -0.2) is 75.2 Å².